The van der Waals surface area contributed by atoms with Gasteiger partial charge < -0.3 is 4.98 Å². The molecule has 0 fully saturated rings. The van der Waals surface area contributed by atoms with E-state index in [4.69, 9.17) is 23.2 Å². The summed E-state index contributed by atoms with van der Waals surface area (Å²) in [6.07, 6.45) is 5.18. The third-order valence-corrected chi connectivity index (χ3v) is 6.67. The Labute approximate surface area is 180 Å². The summed E-state index contributed by atoms with van der Waals surface area (Å²) in [6.45, 7) is -2.93. The lowest BCUT2D eigenvalue weighted by Crippen LogP contribution is -2.13. The second kappa shape index (κ2) is 7.27. The van der Waals surface area contributed by atoms with E-state index in [0.717, 1.165) is 6.20 Å². The molecular weight excluding hydrogens is 517 g/mol. The van der Waals surface area contributed by atoms with Gasteiger partial charge in [0.15, 0.2) is 0 Å². The SMILES string of the molecule is O=S(=O)(Nc1cnn(C(F)F)c1Br)c1c[nH]c2c(-n3cc(Cl)cn3)c(Cl)ccc12. The van der Waals surface area contributed by atoms with E-state index in [1.54, 1.807) is 0 Å². The van der Waals surface area contributed by atoms with Gasteiger partial charge in [0.1, 0.15) is 20.9 Å². The van der Waals surface area contributed by atoms with Gasteiger partial charge in [0.25, 0.3) is 10.0 Å². The number of H-pyrrole nitrogens is 1. The Balaban J connectivity index is 1.80. The minimum absolute atomic E-state index is 0.111. The van der Waals surface area contributed by atoms with Gasteiger partial charge in [-0.2, -0.15) is 23.7 Å². The maximum atomic E-state index is 12.9. The molecule has 0 radical (unpaired) electrons. The van der Waals surface area contributed by atoms with E-state index in [1.165, 1.54) is 35.4 Å². The normalized spacial score (nSPS) is 12.2. The molecule has 3 heterocycles. The number of aromatic nitrogens is 5. The number of aromatic amines is 1. The monoisotopic (exact) mass is 524 g/mol. The zero-order valence-corrected chi connectivity index (χ0v) is 17.9. The fourth-order valence-electron chi connectivity index (χ4n) is 2.75. The number of nitrogens with one attached hydrogen (secondary N) is 2. The van der Waals surface area contributed by atoms with E-state index >= 15 is 0 Å². The van der Waals surface area contributed by atoms with Crippen molar-refractivity contribution in [1.29, 1.82) is 0 Å². The van der Waals surface area contributed by atoms with Crippen LogP contribution >= 0.6 is 39.1 Å². The number of fused-ring (bicyclic) bond motifs is 1. The van der Waals surface area contributed by atoms with Crippen molar-refractivity contribution >= 4 is 65.7 Å². The number of hydrogen-bond acceptors (Lipinski definition) is 4. The minimum atomic E-state index is -4.15. The quantitative estimate of drug-likeness (QED) is 0.390. The summed E-state index contributed by atoms with van der Waals surface area (Å²) in [7, 11) is -4.15. The Morgan fingerprint density at radius 2 is 1.97 bits per heavy atom. The van der Waals surface area contributed by atoms with Crippen LogP contribution in [0.1, 0.15) is 6.55 Å². The predicted molar refractivity (Wildman–Crippen MR) is 107 cm³/mol. The van der Waals surface area contributed by atoms with Crippen molar-refractivity contribution < 1.29 is 17.2 Å². The fourth-order valence-corrected chi connectivity index (χ4v) is 4.94. The van der Waals surface area contributed by atoms with Crippen LogP contribution in [0.3, 0.4) is 0 Å². The van der Waals surface area contributed by atoms with Gasteiger partial charge in [0.2, 0.25) is 0 Å². The van der Waals surface area contributed by atoms with E-state index in [0.29, 0.717) is 31.3 Å². The molecule has 8 nitrogen and oxygen atoms in total. The molecule has 1 aromatic carbocycles. The van der Waals surface area contributed by atoms with Gasteiger partial charge in [-0.05, 0) is 28.1 Å². The zero-order valence-electron chi connectivity index (χ0n) is 13.9. The molecule has 0 unspecified atom stereocenters. The second-order valence-electron chi connectivity index (χ2n) is 5.75. The van der Waals surface area contributed by atoms with Crippen molar-refractivity contribution in [3.05, 3.63) is 51.6 Å². The van der Waals surface area contributed by atoms with E-state index in [1.807, 2.05) is 0 Å². The lowest BCUT2D eigenvalue weighted by atomic mass is 10.2. The molecule has 0 atom stereocenters. The van der Waals surface area contributed by atoms with Gasteiger partial charge >= 0.3 is 6.55 Å². The number of rotatable bonds is 5. The number of nitrogens with zero attached hydrogens (tertiary/aromatic N) is 4. The average molecular weight is 526 g/mol. The first-order valence-corrected chi connectivity index (χ1v) is 10.8. The van der Waals surface area contributed by atoms with Gasteiger partial charge in [-0.1, -0.05) is 23.2 Å². The van der Waals surface area contributed by atoms with Crippen LogP contribution in [0.5, 0.6) is 0 Å². The van der Waals surface area contributed by atoms with E-state index < -0.39 is 16.6 Å². The number of sulfonamides is 1. The maximum Gasteiger partial charge on any atom is 0.334 e. The van der Waals surface area contributed by atoms with Crippen molar-refractivity contribution in [3.63, 3.8) is 0 Å². The van der Waals surface area contributed by atoms with Gasteiger partial charge in [0.05, 0.1) is 28.0 Å². The summed E-state index contributed by atoms with van der Waals surface area (Å²) in [5, 5.41) is 8.56. The molecule has 29 heavy (non-hydrogen) atoms. The molecule has 0 aliphatic heterocycles. The molecule has 14 heteroatoms. The van der Waals surface area contributed by atoms with Crippen molar-refractivity contribution in [2.45, 2.75) is 11.4 Å². The molecular formula is C15H9BrCl2F2N6O2S. The lowest BCUT2D eigenvalue weighted by molar-refractivity contribution is 0.0542. The highest BCUT2D eigenvalue weighted by atomic mass is 79.9. The van der Waals surface area contributed by atoms with Crippen molar-refractivity contribution in [2.75, 3.05) is 4.72 Å². The summed E-state index contributed by atoms with van der Waals surface area (Å²) in [5.74, 6) is 0. The fraction of sp³-hybridized carbons (Fsp3) is 0.0667. The molecule has 0 aliphatic rings. The van der Waals surface area contributed by atoms with E-state index in [-0.39, 0.29) is 15.2 Å². The summed E-state index contributed by atoms with van der Waals surface area (Å²) in [6, 6.07) is 3.04. The Bertz CT molecular complexity index is 1330. The number of halogens is 5. The minimum Gasteiger partial charge on any atom is -0.358 e. The maximum absolute atomic E-state index is 12.9. The third-order valence-electron chi connectivity index (χ3n) is 3.98. The Kier molecular flexibility index (Phi) is 5.05. The van der Waals surface area contributed by atoms with Crippen LogP contribution < -0.4 is 4.72 Å². The standard InChI is InChI=1S/C15H9BrCl2F2N6O2S/c16-14-10(4-23-26(14)15(19)20)24-29(27,28)11-5-21-12-8(11)1-2-9(18)13(12)25-6-7(17)3-22-25/h1-6,15,21,24H. The third kappa shape index (κ3) is 3.50. The summed E-state index contributed by atoms with van der Waals surface area (Å²) in [5.41, 5.74) is 0.678. The average Bonchev–Trinajstić information content (AvgIpc) is 3.34. The highest BCUT2D eigenvalue weighted by Crippen LogP contribution is 2.34. The van der Waals surface area contributed by atoms with Crippen molar-refractivity contribution in [2.24, 2.45) is 0 Å². The van der Waals surface area contributed by atoms with Gasteiger partial charge in [-0.15, -0.1) is 0 Å². The lowest BCUT2D eigenvalue weighted by Gasteiger charge is -2.08. The number of alkyl halides is 2. The summed E-state index contributed by atoms with van der Waals surface area (Å²) >= 11 is 15.1. The van der Waals surface area contributed by atoms with E-state index in [2.05, 4.69) is 35.8 Å². The van der Waals surface area contributed by atoms with Gasteiger partial charge in [0, 0.05) is 17.8 Å². The Morgan fingerprint density at radius 3 is 2.59 bits per heavy atom. The van der Waals surface area contributed by atoms with Crippen LogP contribution in [0.4, 0.5) is 14.5 Å². The molecule has 152 valence electrons. The van der Waals surface area contributed by atoms with Crippen molar-refractivity contribution in [3.8, 4) is 5.69 Å². The van der Waals surface area contributed by atoms with Crippen LogP contribution in [0.25, 0.3) is 16.6 Å². The molecule has 2 N–H and O–H groups in total. The molecule has 0 saturated carbocycles. The van der Waals surface area contributed by atoms with Crippen LogP contribution in [-0.4, -0.2) is 33.0 Å². The molecule has 4 rings (SSSR count). The van der Waals surface area contributed by atoms with Crippen LogP contribution in [0.15, 0.2) is 46.4 Å². The van der Waals surface area contributed by atoms with Crippen LogP contribution in [0.2, 0.25) is 10.0 Å². The Hall–Kier alpha value is -2.15. The number of anilines is 1. The first-order valence-electron chi connectivity index (χ1n) is 7.73. The molecule has 3 aromatic heterocycles. The second-order valence-corrected chi connectivity index (χ2v) is 9.00. The first-order chi connectivity index (χ1) is 13.7. The van der Waals surface area contributed by atoms with Gasteiger partial charge in [-0.25, -0.2) is 13.1 Å². The topological polar surface area (TPSA) is 97.6 Å². The molecule has 0 bridgehead atoms. The van der Waals surface area contributed by atoms with E-state index in [9.17, 15) is 17.2 Å². The molecule has 0 spiro atoms. The largest absolute Gasteiger partial charge is 0.358 e. The van der Waals surface area contributed by atoms with Crippen molar-refractivity contribution in [1.82, 2.24) is 24.5 Å². The Morgan fingerprint density at radius 1 is 1.21 bits per heavy atom. The van der Waals surface area contributed by atoms with Crippen LogP contribution in [0, 0.1) is 0 Å². The molecule has 4 aromatic rings. The summed E-state index contributed by atoms with van der Waals surface area (Å²) < 4.78 is 55.3. The molecule has 0 aliphatic carbocycles. The highest BCUT2D eigenvalue weighted by molar-refractivity contribution is 9.10. The van der Waals surface area contributed by atoms with Gasteiger partial charge in [-0.3, -0.25) is 4.72 Å². The zero-order chi connectivity index (χ0) is 20.9. The number of benzene rings is 1. The smallest absolute Gasteiger partial charge is 0.334 e. The molecule has 0 amide bonds. The molecule has 0 saturated heterocycles. The predicted octanol–water partition coefficient (Wildman–Crippen LogP) is 4.82. The highest BCUT2D eigenvalue weighted by Gasteiger charge is 2.25. The van der Waals surface area contributed by atoms with Crippen LogP contribution in [-0.2, 0) is 10.0 Å². The number of hydrogen-bond donors (Lipinski definition) is 2. The summed E-state index contributed by atoms with van der Waals surface area (Å²) in [4.78, 5) is 2.76. The first kappa shape index (κ1) is 20.1.